The zero-order valence-corrected chi connectivity index (χ0v) is 16.7. The molecule has 2 N–H and O–H groups in total. The molecule has 0 spiro atoms. The maximum absolute atomic E-state index is 12.7. The summed E-state index contributed by atoms with van der Waals surface area (Å²) in [5, 5.41) is 14.6. The van der Waals surface area contributed by atoms with Crippen molar-refractivity contribution in [3.8, 4) is 5.75 Å². The Morgan fingerprint density at radius 1 is 0.897 bits per heavy atom. The second-order valence-corrected chi connectivity index (χ2v) is 9.06. The van der Waals surface area contributed by atoms with Gasteiger partial charge in [0.05, 0.1) is 10.6 Å². The van der Waals surface area contributed by atoms with Crippen LogP contribution in [0, 0.1) is 0 Å². The third-order valence-corrected chi connectivity index (χ3v) is 7.13. The van der Waals surface area contributed by atoms with E-state index in [1.165, 1.54) is 34.6 Å². The summed E-state index contributed by atoms with van der Waals surface area (Å²) in [6, 6.07) is 16.6. The van der Waals surface area contributed by atoms with E-state index in [4.69, 9.17) is 0 Å². The van der Waals surface area contributed by atoms with Crippen LogP contribution in [0.2, 0.25) is 0 Å². The van der Waals surface area contributed by atoms with Crippen molar-refractivity contribution in [2.75, 3.05) is 18.4 Å². The fraction of sp³-hybridized carbons (Fsp3) is 0.227. The van der Waals surface area contributed by atoms with E-state index in [1.54, 1.807) is 6.07 Å². The van der Waals surface area contributed by atoms with Crippen LogP contribution in [0.4, 0.5) is 5.69 Å². The predicted octanol–water partition coefficient (Wildman–Crippen LogP) is 3.97. The van der Waals surface area contributed by atoms with Crippen molar-refractivity contribution >= 4 is 32.4 Å². The number of carbonyl (C=O) groups excluding carboxylic acids is 1. The number of fused-ring (bicyclic) bond motifs is 1. The van der Waals surface area contributed by atoms with Crippen LogP contribution in [0.25, 0.3) is 10.8 Å². The third kappa shape index (κ3) is 3.83. The lowest BCUT2D eigenvalue weighted by molar-refractivity contribution is 0.102. The van der Waals surface area contributed by atoms with Crippen LogP contribution in [0.1, 0.15) is 29.6 Å². The zero-order chi connectivity index (χ0) is 20.4. The van der Waals surface area contributed by atoms with Crippen molar-refractivity contribution in [2.24, 2.45) is 0 Å². The van der Waals surface area contributed by atoms with E-state index in [-0.39, 0.29) is 10.6 Å². The first-order valence-electron chi connectivity index (χ1n) is 9.59. The van der Waals surface area contributed by atoms with Crippen LogP contribution < -0.4 is 5.32 Å². The van der Waals surface area contributed by atoms with Crippen molar-refractivity contribution in [3.05, 3.63) is 66.2 Å². The van der Waals surface area contributed by atoms with Gasteiger partial charge >= 0.3 is 0 Å². The number of aromatic hydroxyl groups is 1. The van der Waals surface area contributed by atoms with Crippen LogP contribution in [-0.4, -0.2) is 36.8 Å². The molecule has 3 aromatic carbocycles. The second-order valence-electron chi connectivity index (χ2n) is 7.12. The lowest BCUT2D eigenvalue weighted by Crippen LogP contribution is -2.35. The highest BCUT2D eigenvalue weighted by Gasteiger charge is 2.26. The highest BCUT2D eigenvalue weighted by Crippen LogP contribution is 2.32. The second kappa shape index (κ2) is 7.85. The molecular formula is C22H22N2O4S. The van der Waals surface area contributed by atoms with Gasteiger partial charge in [0, 0.05) is 24.0 Å². The van der Waals surface area contributed by atoms with Gasteiger partial charge in [0.15, 0.2) is 0 Å². The molecule has 1 saturated heterocycles. The number of hydrogen-bond donors (Lipinski definition) is 2. The minimum atomic E-state index is -3.54. The topological polar surface area (TPSA) is 86.7 Å². The summed E-state index contributed by atoms with van der Waals surface area (Å²) in [5.74, 6) is -0.445. The number of phenols is 1. The monoisotopic (exact) mass is 410 g/mol. The summed E-state index contributed by atoms with van der Waals surface area (Å²) in [7, 11) is -3.54. The molecule has 0 aliphatic carbocycles. The molecule has 1 heterocycles. The van der Waals surface area contributed by atoms with Crippen molar-refractivity contribution in [1.29, 1.82) is 0 Å². The van der Waals surface area contributed by atoms with Gasteiger partial charge in [0.1, 0.15) is 5.75 Å². The normalized spacial score (nSPS) is 15.3. The first kappa shape index (κ1) is 19.4. The lowest BCUT2D eigenvalue weighted by Gasteiger charge is -2.25. The van der Waals surface area contributed by atoms with Gasteiger partial charge in [-0.3, -0.25) is 4.79 Å². The molecule has 1 amide bonds. The molecule has 0 atom stereocenters. The van der Waals surface area contributed by atoms with E-state index in [1.807, 2.05) is 24.3 Å². The molecule has 29 heavy (non-hydrogen) atoms. The highest BCUT2D eigenvalue weighted by molar-refractivity contribution is 7.89. The number of rotatable bonds is 4. The molecule has 7 heteroatoms. The Labute approximate surface area is 169 Å². The molecule has 1 aliphatic rings. The van der Waals surface area contributed by atoms with Crippen molar-refractivity contribution in [1.82, 2.24) is 4.31 Å². The number of amides is 1. The quantitative estimate of drug-likeness (QED) is 0.637. The Balaban J connectivity index is 1.57. The first-order valence-corrected chi connectivity index (χ1v) is 11.0. The van der Waals surface area contributed by atoms with Gasteiger partial charge in [0.2, 0.25) is 10.0 Å². The van der Waals surface area contributed by atoms with E-state index in [2.05, 4.69) is 5.32 Å². The van der Waals surface area contributed by atoms with E-state index >= 15 is 0 Å². The summed E-state index contributed by atoms with van der Waals surface area (Å²) >= 11 is 0. The van der Waals surface area contributed by atoms with Crippen LogP contribution in [0.3, 0.4) is 0 Å². The molecule has 6 nitrogen and oxygen atoms in total. The van der Waals surface area contributed by atoms with Gasteiger partial charge in [-0.25, -0.2) is 8.42 Å². The van der Waals surface area contributed by atoms with Crippen molar-refractivity contribution in [2.45, 2.75) is 24.2 Å². The first-order chi connectivity index (χ1) is 14.0. The number of phenolic OH excluding ortho intramolecular Hbond substituents is 1. The Morgan fingerprint density at radius 2 is 1.59 bits per heavy atom. The molecule has 4 rings (SSSR count). The predicted molar refractivity (Wildman–Crippen MR) is 113 cm³/mol. The molecule has 0 radical (unpaired) electrons. The summed E-state index contributed by atoms with van der Waals surface area (Å²) in [4.78, 5) is 12.9. The van der Waals surface area contributed by atoms with Gasteiger partial charge in [-0.05, 0) is 48.6 Å². The molecule has 3 aromatic rings. The number of carbonyl (C=O) groups is 1. The average Bonchev–Trinajstić information content (AvgIpc) is 2.76. The summed E-state index contributed by atoms with van der Waals surface area (Å²) < 4.78 is 27.0. The molecule has 0 unspecified atom stereocenters. The maximum atomic E-state index is 12.7. The Bertz CT molecular complexity index is 1150. The molecule has 0 bridgehead atoms. The Morgan fingerprint density at radius 3 is 2.31 bits per heavy atom. The van der Waals surface area contributed by atoms with Crippen molar-refractivity contribution < 1.29 is 18.3 Å². The molecule has 0 aromatic heterocycles. The Kier molecular flexibility index (Phi) is 5.25. The highest BCUT2D eigenvalue weighted by atomic mass is 32.2. The fourth-order valence-electron chi connectivity index (χ4n) is 3.61. The van der Waals surface area contributed by atoms with E-state index in [0.29, 0.717) is 24.3 Å². The SMILES string of the molecule is O=C(Nc1c(O)ccc2ccccc12)c1ccc(S(=O)(=O)N2CCCCC2)cc1. The van der Waals surface area contributed by atoms with Gasteiger partial charge in [-0.2, -0.15) is 4.31 Å². The summed E-state index contributed by atoms with van der Waals surface area (Å²) in [5.41, 5.74) is 0.646. The van der Waals surface area contributed by atoms with E-state index < -0.39 is 15.9 Å². The molecule has 1 fully saturated rings. The van der Waals surface area contributed by atoms with E-state index in [9.17, 15) is 18.3 Å². The number of sulfonamides is 1. The number of benzene rings is 3. The smallest absolute Gasteiger partial charge is 0.255 e. The van der Waals surface area contributed by atoms with Gasteiger partial charge in [-0.15, -0.1) is 0 Å². The number of nitrogens with one attached hydrogen (secondary N) is 1. The third-order valence-electron chi connectivity index (χ3n) is 5.21. The van der Waals surface area contributed by atoms with Gasteiger partial charge < -0.3 is 10.4 Å². The van der Waals surface area contributed by atoms with Gasteiger partial charge in [-0.1, -0.05) is 36.8 Å². The molecule has 0 saturated carbocycles. The van der Waals surface area contributed by atoms with Crippen LogP contribution >= 0.6 is 0 Å². The van der Waals surface area contributed by atoms with Crippen LogP contribution in [0.15, 0.2) is 65.6 Å². The minimum Gasteiger partial charge on any atom is -0.506 e. The average molecular weight is 410 g/mol. The van der Waals surface area contributed by atoms with Crippen LogP contribution in [0.5, 0.6) is 5.75 Å². The summed E-state index contributed by atoms with van der Waals surface area (Å²) in [6.07, 6.45) is 2.79. The molecular weight excluding hydrogens is 388 g/mol. The lowest BCUT2D eigenvalue weighted by atomic mass is 10.1. The van der Waals surface area contributed by atoms with Crippen LogP contribution in [-0.2, 0) is 10.0 Å². The van der Waals surface area contributed by atoms with E-state index in [0.717, 1.165) is 30.0 Å². The van der Waals surface area contributed by atoms with Gasteiger partial charge in [0.25, 0.3) is 5.91 Å². The molecule has 1 aliphatic heterocycles. The number of piperidine rings is 1. The maximum Gasteiger partial charge on any atom is 0.255 e. The standard InChI is InChI=1S/C22H22N2O4S/c25-20-13-10-16-6-2-3-7-19(16)21(20)23-22(26)17-8-11-18(12-9-17)29(27,28)24-14-4-1-5-15-24/h2-3,6-13,25H,1,4-5,14-15H2,(H,23,26). The number of nitrogens with zero attached hydrogens (tertiary/aromatic N) is 1. The largest absolute Gasteiger partial charge is 0.506 e. The van der Waals surface area contributed by atoms with Crippen molar-refractivity contribution in [3.63, 3.8) is 0 Å². The minimum absolute atomic E-state index is 0.0265. The molecule has 150 valence electrons. The fourth-order valence-corrected chi connectivity index (χ4v) is 5.13. The Hall–Kier alpha value is -2.90. The zero-order valence-electron chi connectivity index (χ0n) is 15.8. The number of anilines is 1. The number of hydrogen-bond acceptors (Lipinski definition) is 4. The summed E-state index contributed by atoms with van der Waals surface area (Å²) in [6.45, 7) is 1.07.